The maximum absolute atomic E-state index is 13.0. The number of nitrogens with zero attached hydrogens (tertiary/aromatic N) is 3. The van der Waals surface area contributed by atoms with Crippen molar-refractivity contribution in [1.82, 2.24) is 13.8 Å². The van der Waals surface area contributed by atoms with Crippen LogP contribution < -0.4 is 5.56 Å². The van der Waals surface area contributed by atoms with Gasteiger partial charge in [-0.05, 0) is 43.0 Å². The molecular formula is C24H29N3O3S. The first kappa shape index (κ1) is 21.7. The summed E-state index contributed by atoms with van der Waals surface area (Å²) in [6, 6.07) is 17.7. The number of rotatable bonds is 6. The largest absolute Gasteiger partial charge is 0.314 e. The second-order valence-electron chi connectivity index (χ2n) is 8.23. The Morgan fingerprint density at radius 3 is 2.48 bits per heavy atom. The summed E-state index contributed by atoms with van der Waals surface area (Å²) in [6.07, 6.45) is 2.49. The minimum atomic E-state index is -3.43. The van der Waals surface area contributed by atoms with Crippen molar-refractivity contribution in [2.75, 3.05) is 31.9 Å². The topological polar surface area (TPSA) is 62.6 Å². The highest BCUT2D eigenvalue weighted by Gasteiger charge is 2.25. The molecule has 1 aromatic heterocycles. The van der Waals surface area contributed by atoms with Crippen LogP contribution in [-0.2, 0) is 23.1 Å². The molecule has 0 bridgehead atoms. The minimum absolute atomic E-state index is 0.0663. The van der Waals surface area contributed by atoms with Crippen LogP contribution in [0.5, 0.6) is 0 Å². The van der Waals surface area contributed by atoms with Gasteiger partial charge in [-0.15, -0.1) is 0 Å². The minimum Gasteiger partial charge on any atom is -0.314 e. The average molecular weight is 440 g/mol. The summed E-state index contributed by atoms with van der Waals surface area (Å²) in [5.74, 6) is -0.0663. The summed E-state index contributed by atoms with van der Waals surface area (Å²) in [4.78, 5) is 15.0. The van der Waals surface area contributed by atoms with Crippen molar-refractivity contribution in [2.45, 2.75) is 26.4 Å². The Morgan fingerprint density at radius 1 is 0.903 bits per heavy atom. The molecule has 0 amide bonds. The van der Waals surface area contributed by atoms with Crippen molar-refractivity contribution in [3.63, 3.8) is 0 Å². The van der Waals surface area contributed by atoms with Gasteiger partial charge in [0.25, 0.3) is 5.56 Å². The molecule has 0 atom stereocenters. The smallest absolute Gasteiger partial charge is 0.258 e. The van der Waals surface area contributed by atoms with Gasteiger partial charge < -0.3 is 4.57 Å². The fraction of sp³-hybridized carbons (Fsp3) is 0.375. The van der Waals surface area contributed by atoms with Gasteiger partial charge >= 0.3 is 0 Å². The Hall–Kier alpha value is -2.48. The van der Waals surface area contributed by atoms with Gasteiger partial charge in [-0.2, -0.15) is 0 Å². The highest BCUT2D eigenvalue weighted by molar-refractivity contribution is 7.89. The normalized spacial score (nSPS) is 16.4. The monoisotopic (exact) mass is 439 g/mol. The number of sulfonamides is 1. The molecule has 4 rings (SSSR count). The summed E-state index contributed by atoms with van der Waals surface area (Å²) in [5, 5.41) is 1.48. The van der Waals surface area contributed by atoms with Crippen LogP contribution in [-0.4, -0.2) is 54.1 Å². The molecule has 0 radical (unpaired) electrons. The second-order valence-corrected chi connectivity index (χ2v) is 10.3. The van der Waals surface area contributed by atoms with E-state index in [9.17, 15) is 13.2 Å². The summed E-state index contributed by atoms with van der Waals surface area (Å²) in [7, 11) is -3.43. The lowest BCUT2D eigenvalue weighted by Crippen LogP contribution is -2.38. The molecule has 2 heterocycles. The van der Waals surface area contributed by atoms with E-state index >= 15 is 0 Å². The Labute approximate surface area is 183 Å². The second kappa shape index (κ2) is 9.34. The first-order valence-corrected chi connectivity index (χ1v) is 12.4. The number of fused-ring (bicyclic) bond motifs is 1. The van der Waals surface area contributed by atoms with Gasteiger partial charge in [0.1, 0.15) is 0 Å². The SMILES string of the molecule is Cc1ccc(CN2CCCN(S(=O)(=O)CCn3ccc4ccccc4c3=O)CC2)cc1. The first-order valence-electron chi connectivity index (χ1n) is 10.8. The third kappa shape index (κ3) is 5.23. The van der Waals surface area contributed by atoms with E-state index in [2.05, 4.69) is 36.1 Å². The predicted molar refractivity (Wildman–Crippen MR) is 125 cm³/mol. The molecule has 3 aromatic rings. The maximum atomic E-state index is 13.0. The van der Waals surface area contributed by atoms with Gasteiger partial charge in [-0.3, -0.25) is 9.69 Å². The molecule has 0 N–H and O–H groups in total. The quantitative estimate of drug-likeness (QED) is 0.593. The lowest BCUT2D eigenvalue weighted by Gasteiger charge is -2.22. The molecule has 0 saturated carbocycles. The molecule has 31 heavy (non-hydrogen) atoms. The van der Waals surface area contributed by atoms with Gasteiger partial charge in [0, 0.05) is 44.3 Å². The van der Waals surface area contributed by atoms with Crippen LogP contribution in [0.25, 0.3) is 10.8 Å². The highest BCUT2D eigenvalue weighted by Crippen LogP contribution is 2.13. The van der Waals surface area contributed by atoms with Gasteiger partial charge in [-0.1, -0.05) is 48.0 Å². The standard InChI is InChI=1S/C24H29N3O3S/c1-20-7-9-21(10-8-20)19-25-12-4-13-27(16-15-25)31(29,30)18-17-26-14-11-22-5-2-3-6-23(22)24(26)28/h2-3,5-11,14H,4,12-13,15-19H2,1H3. The maximum Gasteiger partial charge on any atom is 0.258 e. The van der Waals surface area contributed by atoms with E-state index in [-0.39, 0.29) is 17.9 Å². The van der Waals surface area contributed by atoms with Gasteiger partial charge in [-0.25, -0.2) is 12.7 Å². The zero-order valence-electron chi connectivity index (χ0n) is 17.9. The third-order valence-electron chi connectivity index (χ3n) is 5.94. The summed E-state index contributed by atoms with van der Waals surface area (Å²) in [5.41, 5.74) is 2.34. The highest BCUT2D eigenvalue weighted by atomic mass is 32.2. The molecule has 2 aromatic carbocycles. The Balaban J connectivity index is 1.38. The van der Waals surface area contributed by atoms with Gasteiger partial charge in [0.2, 0.25) is 10.0 Å². The van der Waals surface area contributed by atoms with Crippen molar-refractivity contribution in [3.05, 3.63) is 82.3 Å². The van der Waals surface area contributed by atoms with Crippen LogP contribution in [0.3, 0.4) is 0 Å². The fourth-order valence-corrected chi connectivity index (χ4v) is 5.54. The van der Waals surface area contributed by atoms with E-state index in [1.54, 1.807) is 16.6 Å². The number of aryl methyl sites for hydroxylation is 2. The van der Waals surface area contributed by atoms with E-state index in [1.807, 2.05) is 24.3 Å². The Morgan fingerprint density at radius 2 is 1.68 bits per heavy atom. The predicted octanol–water partition coefficient (Wildman–Crippen LogP) is 2.85. The number of pyridine rings is 1. The van der Waals surface area contributed by atoms with Crippen molar-refractivity contribution in [2.24, 2.45) is 0 Å². The van der Waals surface area contributed by atoms with Crippen LogP contribution in [0.4, 0.5) is 0 Å². The Bertz CT molecular complexity index is 1200. The molecule has 1 fully saturated rings. The molecule has 7 heteroatoms. The van der Waals surface area contributed by atoms with Gasteiger partial charge in [0.15, 0.2) is 0 Å². The molecule has 0 spiro atoms. The first-order chi connectivity index (χ1) is 14.9. The number of hydrogen-bond acceptors (Lipinski definition) is 4. The molecule has 1 aliphatic heterocycles. The molecule has 6 nitrogen and oxygen atoms in total. The molecule has 1 aliphatic rings. The zero-order chi connectivity index (χ0) is 21.8. The molecule has 164 valence electrons. The van der Waals surface area contributed by atoms with E-state index in [4.69, 9.17) is 0 Å². The molecular weight excluding hydrogens is 410 g/mol. The van der Waals surface area contributed by atoms with Gasteiger partial charge in [0.05, 0.1) is 5.75 Å². The summed E-state index contributed by atoms with van der Waals surface area (Å²) in [6.45, 7) is 5.67. The average Bonchev–Trinajstić information content (AvgIpc) is 3.01. The molecule has 0 aliphatic carbocycles. The number of benzene rings is 2. The lowest BCUT2D eigenvalue weighted by atomic mass is 10.1. The van der Waals surface area contributed by atoms with E-state index in [1.165, 1.54) is 15.7 Å². The van der Waals surface area contributed by atoms with Crippen molar-refractivity contribution >= 4 is 20.8 Å². The van der Waals surface area contributed by atoms with Crippen LogP contribution in [0.2, 0.25) is 0 Å². The van der Waals surface area contributed by atoms with Crippen LogP contribution >= 0.6 is 0 Å². The molecule has 0 unspecified atom stereocenters. The lowest BCUT2D eigenvalue weighted by molar-refractivity contribution is 0.278. The zero-order valence-corrected chi connectivity index (χ0v) is 18.7. The summed E-state index contributed by atoms with van der Waals surface area (Å²) < 4.78 is 29.1. The number of aromatic nitrogens is 1. The molecule has 1 saturated heterocycles. The van der Waals surface area contributed by atoms with E-state index < -0.39 is 10.0 Å². The summed E-state index contributed by atoms with van der Waals surface area (Å²) >= 11 is 0. The van der Waals surface area contributed by atoms with E-state index in [0.29, 0.717) is 25.0 Å². The van der Waals surface area contributed by atoms with Crippen LogP contribution in [0.1, 0.15) is 17.5 Å². The Kier molecular flexibility index (Phi) is 6.55. The van der Waals surface area contributed by atoms with Crippen molar-refractivity contribution in [3.8, 4) is 0 Å². The van der Waals surface area contributed by atoms with Crippen LogP contribution in [0, 0.1) is 6.92 Å². The third-order valence-corrected chi connectivity index (χ3v) is 7.79. The van der Waals surface area contributed by atoms with Crippen LogP contribution in [0.15, 0.2) is 65.6 Å². The van der Waals surface area contributed by atoms with Crippen molar-refractivity contribution in [1.29, 1.82) is 0 Å². The number of hydrogen-bond donors (Lipinski definition) is 0. The van der Waals surface area contributed by atoms with E-state index in [0.717, 1.165) is 24.9 Å². The van der Waals surface area contributed by atoms with Crippen molar-refractivity contribution < 1.29 is 8.42 Å². The fourth-order valence-electron chi connectivity index (χ4n) is 4.08.